The minimum atomic E-state index is -0.366. The number of para-hydroxylation sites is 1. The molecule has 0 atom stereocenters. The highest BCUT2D eigenvalue weighted by Gasteiger charge is 2.28. The van der Waals surface area contributed by atoms with E-state index in [4.69, 9.17) is 24.0 Å². The molecule has 0 amide bonds. The zero-order chi connectivity index (χ0) is 36.5. The lowest BCUT2D eigenvalue weighted by atomic mass is 9.98. The summed E-state index contributed by atoms with van der Waals surface area (Å²) in [5.74, 6) is 1.23. The maximum atomic E-state index is 13.8. The van der Waals surface area contributed by atoms with Crippen molar-refractivity contribution in [2.75, 3.05) is 26.1 Å². The van der Waals surface area contributed by atoms with Crippen LogP contribution in [0.1, 0.15) is 40.8 Å². The largest absolute Gasteiger partial charge is 0.493 e. The number of benzene rings is 4. The normalized spacial score (nSPS) is 11.2. The van der Waals surface area contributed by atoms with Gasteiger partial charge in [0.1, 0.15) is 29.5 Å². The summed E-state index contributed by atoms with van der Waals surface area (Å²) >= 11 is 1.68. The highest BCUT2D eigenvalue weighted by Crippen LogP contribution is 2.39. The number of nitrogens with zero attached hydrogens (tertiary/aromatic N) is 3. The quantitative estimate of drug-likeness (QED) is 0.0380. The topological polar surface area (TPSA) is 76.7 Å². The Morgan fingerprint density at radius 3 is 2.44 bits per heavy atom. The summed E-state index contributed by atoms with van der Waals surface area (Å²) in [6.07, 6.45) is 6.89. The second-order valence-corrected chi connectivity index (χ2v) is 13.1. The minimum absolute atomic E-state index is 0.241. The first-order valence-electron chi connectivity index (χ1n) is 17.5. The van der Waals surface area contributed by atoms with E-state index in [2.05, 4.69) is 43.5 Å². The number of carbonyl (C=O) groups excluding carboxylic acids is 1. The van der Waals surface area contributed by atoms with Crippen molar-refractivity contribution in [3.63, 3.8) is 0 Å². The Morgan fingerprint density at radius 2 is 1.67 bits per heavy atom. The van der Waals surface area contributed by atoms with E-state index in [1.54, 1.807) is 17.8 Å². The summed E-state index contributed by atoms with van der Waals surface area (Å²) < 4.78 is 28.2. The molecule has 0 aliphatic carbocycles. The van der Waals surface area contributed by atoms with Crippen LogP contribution in [-0.2, 0) is 42.7 Å². The van der Waals surface area contributed by atoms with Gasteiger partial charge in [0.25, 0.3) is 0 Å². The van der Waals surface area contributed by atoms with E-state index < -0.39 is 0 Å². The summed E-state index contributed by atoms with van der Waals surface area (Å²) in [7, 11) is 1.92. The van der Waals surface area contributed by atoms with E-state index in [0.29, 0.717) is 44.9 Å². The fraction of sp³-hybridized carbons (Fsp3) is 0.256. The lowest BCUT2D eigenvalue weighted by Gasteiger charge is -2.14. The van der Waals surface area contributed by atoms with E-state index in [1.165, 1.54) is 0 Å². The number of fused-ring (bicyclic) bond motifs is 2. The number of allylic oxidation sites excluding steroid dienone is 1. The van der Waals surface area contributed by atoms with Crippen molar-refractivity contribution in [3.8, 4) is 22.6 Å². The number of esters is 1. The third kappa shape index (κ3) is 7.81. The molecule has 0 aliphatic heterocycles. The summed E-state index contributed by atoms with van der Waals surface area (Å²) in [5, 5.41) is 8.12. The van der Waals surface area contributed by atoms with E-state index >= 15 is 0 Å². The van der Waals surface area contributed by atoms with E-state index in [0.717, 1.165) is 66.1 Å². The Balaban J connectivity index is 1.42. The highest BCUT2D eigenvalue weighted by molar-refractivity contribution is 7.98. The highest BCUT2D eigenvalue weighted by atomic mass is 32.2. The second-order valence-electron chi connectivity index (χ2n) is 12.2. The first kappa shape index (κ1) is 36.5. The van der Waals surface area contributed by atoms with Gasteiger partial charge < -0.3 is 23.5 Å². The summed E-state index contributed by atoms with van der Waals surface area (Å²) in [6, 6.07) is 28.5. The van der Waals surface area contributed by atoms with Crippen molar-refractivity contribution in [1.82, 2.24) is 14.3 Å². The van der Waals surface area contributed by atoms with Gasteiger partial charge in [0, 0.05) is 40.4 Å². The van der Waals surface area contributed by atoms with E-state index in [-0.39, 0.29) is 19.2 Å². The molecular formula is C43H45N3O5S. The van der Waals surface area contributed by atoms with Crippen LogP contribution in [0.3, 0.4) is 0 Å². The molecular weight excluding hydrogens is 671 g/mol. The van der Waals surface area contributed by atoms with Gasteiger partial charge in [0.2, 0.25) is 0 Å². The average molecular weight is 716 g/mol. The Bertz CT molecular complexity index is 2180. The molecule has 0 radical (unpaired) electrons. The number of carbonyl (C=O) groups is 1. The monoisotopic (exact) mass is 715 g/mol. The van der Waals surface area contributed by atoms with Gasteiger partial charge in [-0.2, -0.15) is 5.10 Å². The molecule has 0 fully saturated rings. The first-order valence-corrected chi connectivity index (χ1v) is 18.7. The molecule has 52 heavy (non-hydrogen) atoms. The van der Waals surface area contributed by atoms with Crippen LogP contribution in [0.4, 0.5) is 0 Å². The van der Waals surface area contributed by atoms with Crippen LogP contribution in [-0.4, -0.2) is 46.4 Å². The minimum Gasteiger partial charge on any atom is -0.493 e. The molecule has 0 unspecified atom stereocenters. The molecule has 0 N–H and O–H groups in total. The third-order valence-electron chi connectivity index (χ3n) is 8.96. The van der Waals surface area contributed by atoms with Gasteiger partial charge in [-0.15, -0.1) is 24.9 Å². The summed E-state index contributed by atoms with van der Waals surface area (Å²) in [4.78, 5) is 15.0. The van der Waals surface area contributed by atoms with Crippen molar-refractivity contribution >= 4 is 39.4 Å². The number of ether oxygens (including phenoxy) is 4. The van der Waals surface area contributed by atoms with Gasteiger partial charge in [0.05, 0.1) is 37.6 Å². The first-order chi connectivity index (χ1) is 25.5. The molecule has 2 heterocycles. The number of thioether (sulfide) groups is 1. The molecule has 6 rings (SSSR count). The number of hydrogen-bond acceptors (Lipinski definition) is 7. The van der Waals surface area contributed by atoms with Crippen molar-refractivity contribution < 1.29 is 23.7 Å². The Morgan fingerprint density at radius 1 is 0.904 bits per heavy atom. The predicted molar refractivity (Wildman–Crippen MR) is 210 cm³/mol. The molecule has 8 nitrogen and oxygen atoms in total. The van der Waals surface area contributed by atoms with Crippen LogP contribution in [0, 0.1) is 0 Å². The van der Waals surface area contributed by atoms with Gasteiger partial charge in [-0.25, -0.2) is 4.79 Å². The third-order valence-corrected chi connectivity index (χ3v) is 9.71. The van der Waals surface area contributed by atoms with Crippen LogP contribution in [0.2, 0.25) is 0 Å². The van der Waals surface area contributed by atoms with Crippen LogP contribution >= 0.6 is 11.8 Å². The standard InChI is InChI=1S/C43H45N3O5S/c1-6-25-46-41-34(35(42(46)43(47)49-8-3)19-13-27-50-39-20-11-15-30-14-9-10-16-33(30)39)17-12-18-36(41)40-37(44-45(4)38(40)29-48-26-7-2)28-51-31-21-23-32(52-5)24-22-31/h6-7,9-12,14-18,20-24H,1-2,8,13,19,25-29H2,3-5H3. The molecule has 0 aliphatic rings. The van der Waals surface area contributed by atoms with E-state index in [1.807, 2.05) is 90.1 Å². The van der Waals surface area contributed by atoms with Crippen molar-refractivity contribution in [3.05, 3.63) is 133 Å². The molecule has 268 valence electrons. The number of rotatable bonds is 18. The lowest BCUT2D eigenvalue weighted by Crippen LogP contribution is -2.14. The zero-order valence-electron chi connectivity index (χ0n) is 30.1. The van der Waals surface area contributed by atoms with Gasteiger partial charge in [-0.1, -0.05) is 66.7 Å². The van der Waals surface area contributed by atoms with E-state index in [9.17, 15) is 4.79 Å². The summed E-state index contributed by atoms with van der Waals surface area (Å²) in [6.45, 7) is 11.8. The molecule has 2 aromatic heterocycles. The van der Waals surface area contributed by atoms with Gasteiger partial charge >= 0.3 is 5.97 Å². The molecule has 9 heteroatoms. The van der Waals surface area contributed by atoms with Crippen LogP contribution in [0.25, 0.3) is 32.8 Å². The van der Waals surface area contributed by atoms with Crippen LogP contribution in [0.15, 0.2) is 115 Å². The van der Waals surface area contributed by atoms with Gasteiger partial charge in [0.15, 0.2) is 0 Å². The Hall–Kier alpha value is -5.25. The molecule has 4 aromatic carbocycles. The molecule has 0 spiro atoms. The Kier molecular flexibility index (Phi) is 12.2. The van der Waals surface area contributed by atoms with Crippen LogP contribution in [0.5, 0.6) is 11.5 Å². The second kappa shape index (κ2) is 17.3. The van der Waals surface area contributed by atoms with Crippen molar-refractivity contribution in [2.24, 2.45) is 7.05 Å². The number of aryl methyl sites for hydroxylation is 2. The van der Waals surface area contributed by atoms with Gasteiger partial charge in [-0.05, 0) is 67.3 Å². The predicted octanol–water partition coefficient (Wildman–Crippen LogP) is 9.57. The molecule has 0 saturated heterocycles. The Labute approximate surface area is 309 Å². The molecule has 0 bridgehead atoms. The lowest BCUT2D eigenvalue weighted by molar-refractivity contribution is 0.0513. The maximum Gasteiger partial charge on any atom is 0.355 e. The average Bonchev–Trinajstić information content (AvgIpc) is 3.66. The van der Waals surface area contributed by atoms with Gasteiger partial charge in [-0.3, -0.25) is 4.68 Å². The van der Waals surface area contributed by atoms with Crippen molar-refractivity contribution in [2.45, 2.75) is 44.4 Å². The molecule has 6 aromatic rings. The zero-order valence-corrected chi connectivity index (χ0v) is 30.9. The van der Waals surface area contributed by atoms with Crippen LogP contribution < -0.4 is 9.47 Å². The molecule has 0 saturated carbocycles. The smallest absolute Gasteiger partial charge is 0.355 e. The SMILES string of the molecule is C=CCOCc1c(-c2cccc3c(CCCOc4cccc5ccccc45)c(C(=O)OCC)n(CC=C)c23)c(COc2ccc(SC)cc2)nn1C. The number of hydrogen-bond donors (Lipinski definition) is 0. The fourth-order valence-electron chi connectivity index (χ4n) is 6.69. The fourth-order valence-corrected chi connectivity index (χ4v) is 7.10. The summed E-state index contributed by atoms with van der Waals surface area (Å²) in [5.41, 5.74) is 5.81. The maximum absolute atomic E-state index is 13.8. The van der Waals surface area contributed by atoms with Crippen molar-refractivity contribution in [1.29, 1.82) is 0 Å². The number of aromatic nitrogens is 3.